The monoisotopic (exact) mass is 365 g/mol. The number of halogens is 1. The number of benzene rings is 1. The van der Waals surface area contributed by atoms with Crippen LogP contribution in [0, 0.1) is 17.2 Å². The number of thiocarbonyl (C=S) groups is 1. The Kier molecular flexibility index (Phi) is 5.17. The van der Waals surface area contributed by atoms with Crippen LogP contribution in [0.2, 0.25) is 5.02 Å². The second kappa shape index (κ2) is 6.95. The number of nitrogens with one attached hydrogen (secondary N) is 2. The molecule has 1 amide bonds. The van der Waals surface area contributed by atoms with Crippen LogP contribution < -0.4 is 10.6 Å². The maximum Gasteiger partial charge on any atom is 0.334 e. The van der Waals surface area contributed by atoms with E-state index in [0.29, 0.717) is 5.02 Å². The van der Waals surface area contributed by atoms with Crippen LogP contribution in [-0.4, -0.2) is 35.4 Å². The van der Waals surface area contributed by atoms with Crippen LogP contribution in [0.25, 0.3) is 0 Å². The lowest BCUT2D eigenvalue weighted by Crippen LogP contribution is -2.70. The number of esters is 1. The predicted octanol–water partition coefficient (Wildman–Crippen LogP) is 0.969. The van der Waals surface area contributed by atoms with Crippen LogP contribution in [0.1, 0.15) is 16.8 Å². The van der Waals surface area contributed by atoms with Crippen molar-refractivity contribution >= 4 is 46.6 Å². The highest BCUT2D eigenvalue weighted by Gasteiger charge is 2.55. The van der Waals surface area contributed by atoms with Crippen molar-refractivity contribution < 1.29 is 19.1 Å². The number of ketones is 1. The highest BCUT2D eigenvalue weighted by atomic mass is 35.5. The summed E-state index contributed by atoms with van der Waals surface area (Å²) in [5.74, 6) is -3.64. The maximum absolute atomic E-state index is 12.5. The molecule has 1 heterocycles. The first kappa shape index (κ1) is 17.8. The van der Waals surface area contributed by atoms with Crippen molar-refractivity contribution in [3.63, 3.8) is 0 Å². The van der Waals surface area contributed by atoms with Crippen LogP contribution in [0.3, 0.4) is 0 Å². The molecule has 1 aliphatic heterocycles. The number of nitrogens with zero attached hydrogens (tertiary/aromatic N) is 1. The number of methoxy groups -OCH3 is 1. The van der Waals surface area contributed by atoms with Crippen molar-refractivity contribution in [2.24, 2.45) is 5.92 Å². The molecule has 7 nitrogen and oxygen atoms in total. The number of carbonyl (C=O) groups excluding carboxylic acids is 3. The average molecular weight is 366 g/mol. The van der Waals surface area contributed by atoms with E-state index in [2.05, 4.69) is 10.6 Å². The summed E-state index contributed by atoms with van der Waals surface area (Å²) in [6.07, 6.45) is -0.479. The third-order valence-corrected chi connectivity index (χ3v) is 4.07. The fourth-order valence-corrected chi connectivity index (χ4v) is 2.85. The number of amides is 1. The molecule has 0 aliphatic carbocycles. The topological polar surface area (TPSA) is 108 Å². The van der Waals surface area contributed by atoms with E-state index < -0.39 is 35.5 Å². The van der Waals surface area contributed by atoms with Gasteiger partial charge < -0.3 is 15.4 Å². The summed E-state index contributed by atoms with van der Waals surface area (Å²) < 4.78 is 4.71. The Morgan fingerprint density at radius 2 is 2.04 bits per heavy atom. The highest BCUT2D eigenvalue weighted by Crippen LogP contribution is 2.28. The van der Waals surface area contributed by atoms with E-state index in [-0.39, 0.29) is 10.7 Å². The molecule has 24 heavy (non-hydrogen) atoms. The molecule has 0 unspecified atom stereocenters. The predicted molar refractivity (Wildman–Crippen MR) is 88.1 cm³/mol. The third kappa shape index (κ3) is 3.22. The molecular formula is C15H12ClN3O4S. The van der Waals surface area contributed by atoms with E-state index >= 15 is 0 Å². The zero-order chi connectivity index (χ0) is 17.9. The number of hydrogen-bond acceptors (Lipinski definition) is 6. The van der Waals surface area contributed by atoms with Crippen LogP contribution in [0.5, 0.6) is 0 Å². The number of nitriles is 1. The van der Waals surface area contributed by atoms with Gasteiger partial charge in [-0.25, -0.2) is 4.79 Å². The summed E-state index contributed by atoms with van der Waals surface area (Å²) in [6.45, 7) is 0. The van der Waals surface area contributed by atoms with Gasteiger partial charge in [0.15, 0.2) is 22.4 Å². The molecule has 0 saturated carbocycles. The molecule has 124 valence electrons. The first-order chi connectivity index (χ1) is 11.3. The minimum atomic E-state index is -1.89. The standard InChI is InChI=1S/C15H12ClN3O4S/c1-23-13(22)15(10(7-17)12(21)18-14(24)19-15)6-11(20)8-2-4-9(16)5-3-8/h2-5,10H,6H2,1H3,(H2,18,19,21,24)/t10-,15-/m1/s1. The van der Waals surface area contributed by atoms with Gasteiger partial charge in [-0.3, -0.25) is 9.59 Å². The smallest absolute Gasteiger partial charge is 0.334 e. The Morgan fingerprint density at radius 1 is 1.42 bits per heavy atom. The molecule has 1 fully saturated rings. The molecule has 9 heteroatoms. The van der Waals surface area contributed by atoms with Gasteiger partial charge in [0.1, 0.15) is 0 Å². The maximum atomic E-state index is 12.5. The quantitative estimate of drug-likeness (QED) is 0.465. The Labute approximate surface area is 147 Å². The van der Waals surface area contributed by atoms with E-state index in [4.69, 9.17) is 28.6 Å². The summed E-state index contributed by atoms with van der Waals surface area (Å²) in [6, 6.07) is 7.75. The second-order valence-electron chi connectivity index (χ2n) is 5.08. The van der Waals surface area contributed by atoms with E-state index in [1.165, 1.54) is 24.3 Å². The fraction of sp³-hybridized carbons (Fsp3) is 0.267. The summed E-state index contributed by atoms with van der Waals surface area (Å²) in [5.41, 5.74) is -1.61. The molecule has 0 spiro atoms. The van der Waals surface area contributed by atoms with E-state index in [9.17, 15) is 19.6 Å². The number of carbonyl (C=O) groups is 3. The van der Waals surface area contributed by atoms with E-state index in [1.54, 1.807) is 6.07 Å². The van der Waals surface area contributed by atoms with Crippen LogP contribution in [0.4, 0.5) is 0 Å². The van der Waals surface area contributed by atoms with Gasteiger partial charge in [0.25, 0.3) is 0 Å². The molecule has 2 atom stereocenters. The number of ether oxygens (including phenoxy) is 1. The minimum Gasteiger partial charge on any atom is -0.467 e. The summed E-state index contributed by atoms with van der Waals surface area (Å²) in [7, 11) is 1.10. The summed E-state index contributed by atoms with van der Waals surface area (Å²) in [5, 5.41) is 14.4. The van der Waals surface area contributed by atoms with Gasteiger partial charge in [-0.15, -0.1) is 0 Å². The van der Waals surface area contributed by atoms with Gasteiger partial charge in [-0.2, -0.15) is 5.26 Å². The highest BCUT2D eigenvalue weighted by molar-refractivity contribution is 7.80. The van der Waals surface area contributed by atoms with Crippen molar-refractivity contribution in [1.29, 1.82) is 5.26 Å². The number of hydrogen-bond donors (Lipinski definition) is 2. The van der Waals surface area contributed by atoms with Crippen molar-refractivity contribution in [3.8, 4) is 6.07 Å². The van der Waals surface area contributed by atoms with Gasteiger partial charge in [0, 0.05) is 17.0 Å². The number of Topliss-reactive ketones (excluding diaryl/α,β-unsaturated/α-hetero) is 1. The van der Waals surface area contributed by atoms with Crippen LogP contribution >= 0.6 is 23.8 Å². The molecular weight excluding hydrogens is 354 g/mol. The molecule has 1 aromatic carbocycles. The Balaban J connectivity index is 2.44. The first-order valence-electron chi connectivity index (χ1n) is 6.74. The molecule has 1 aliphatic rings. The van der Waals surface area contributed by atoms with Crippen molar-refractivity contribution in [1.82, 2.24) is 10.6 Å². The van der Waals surface area contributed by atoms with Gasteiger partial charge in [0.2, 0.25) is 5.91 Å². The summed E-state index contributed by atoms with van der Waals surface area (Å²) >= 11 is 10.7. The third-order valence-electron chi connectivity index (χ3n) is 3.61. The average Bonchev–Trinajstić information content (AvgIpc) is 2.54. The zero-order valence-electron chi connectivity index (χ0n) is 12.5. The van der Waals surface area contributed by atoms with Gasteiger partial charge in [-0.05, 0) is 36.5 Å². The second-order valence-corrected chi connectivity index (χ2v) is 5.92. The van der Waals surface area contributed by atoms with Crippen molar-refractivity contribution in [3.05, 3.63) is 34.9 Å². The van der Waals surface area contributed by atoms with E-state index in [1.807, 2.05) is 0 Å². The van der Waals surface area contributed by atoms with Crippen LogP contribution in [-0.2, 0) is 14.3 Å². The zero-order valence-corrected chi connectivity index (χ0v) is 14.0. The molecule has 1 aromatic rings. The minimum absolute atomic E-state index is 0.152. The van der Waals surface area contributed by atoms with Crippen molar-refractivity contribution in [2.45, 2.75) is 12.0 Å². The molecule has 0 aromatic heterocycles. The van der Waals surface area contributed by atoms with E-state index in [0.717, 1.165) is 7.11 Å². The lowest BCUT2D eigenvalue weighted by molar-refractivity contribution is -0.152. The van der Waals surface area contributed by atoms with Gasteiger partial charge in [-0.1, -0.05) is 11.6 Å². The van der Waals surface area contributed by atoms with Gasteiger partial charge >= 0.3 is 5.97 Å². The molecule has 1 saturated heterocycles. The molecule has 0 bridgehead atoms. The normalized spacial score (nSPS) is 22.8. The number of rotatable bonds is 4. The largest absolute Gasteiger partial charge is 0.467 e. The Morgan fingerprint density at radius 3 is 2.58 bits per heavy atom. The summed E-state index contributed by atoms with van der Waals surface area (Å²) in [4.78, 5) is 36.9. The lowest BCUT2D eigenvalue weighted by atomic mass is 9.77. The van der Waals surface area contributed by atoms with Crippen molar-refractivity contribution in [2.75, 3.05) is 7.11 Å². The lowest BCUT2D eigenvalue weighted by Gasteiger charge is -2.38. The SMILES string of the molecule is COC(=O)[C@]1(CC(=O)c2ccc(Cl)cc2)NC(=S)NC(=O)[C@H]1C#N. The van der Waals surface area contributed by atoms with Crippen LogP contribution in [0.15, 0.2) is 24.3 Å². The molecule has 0 radical (unpaired) electrons. The first-order valence-corrected chi connectivity index (χ1v) is 7.52. The Bertz CT molecular complexity index is 759. The molecule has 2 N–H and O–H groups in total. The Hall–Kier alpha value is -2.50. The molecule has 2 rings (SSSR count). The van der Waals surface area contributed by atoms with Gasteiger partial charge in [0.05, 0.1) is 13.2 Å². The fourth-order valence-electron chi connectivity index (χ4n) is 2.44.